The molecule has 0 saturated carbocycles. The van der Waals surface area contributed by atoms with Crippen LogP contribution in [0.2, 0.25) is 0 Å². The van der Waals surface area contributed by atoms with Gasteiger partial charge in [-0.25, -0.2) is 0 Å². The minimum atomic E-state index is 0.683. The van der Waals surface area contributed by atoms with Gasteiger partial charge in [0.2, 0.25) is 0 Å². The first kappa shape index (κ1) is 12.0. The zero-order valence-electron chi connectivity index (χ0n) is 10.1. The summed E-state index contributed by atoms with van der Waals surface area (Å²) in [7, 11) is 0. The average Bonchev–Trinajstić information content (AvgIpc) is 2.92. The van der Waals surface area contributed by atoms with Crippen LogP contribution in [-0.2, 0) is 6.54 Å². The van der Waals surface area contributed by atoms with Crippen molar-refractivity contribution in [3.63, 3.8) is 0 Å². The van der Waals surface area contributed by atoms with Crippen LogP contribution in [-0.4, -0.2) is 16.1 Å². The standard InChI is InChI=1S/C13H16N2OS/c1-3-4-7-15-8-11(9-16)13(14-15)12-6-5-10(2)17-12/h5-6,8-9H,3-4,7H2,1-2H3. The van der Waals surface area contributed by atoms with Crippen molar-refractivity contribution in [1.82, 2.24) is 9.78 Å². The van der Waals surface area contributed by atoms with Gasteiger partial charge in [-0.2, -0.15) is 5.10 Å². The van der Waals surface area contributed by atoms with Crippen LogP contribution in [0.15, 0.2) is 18.3 Å². The van der Waals surface area contributed by atoms with Crippen LogP contribution in [0, 0.1) is 6.92 Å². The maximum absolute atomic E-state index is 11.0. The second-order valence-electron chi connectivity index (χ2n) is 4.08. The Morgan fingerprint density at radius 2 is 2.29 bits per heavy atom. The first-order valence-corrected chi connectivity index (χ1v) is 6.65. The van der Waals surface area contributed by atoms with Crippen molar-refractivity contribution in [2.24, 2.45) is 0 Å². The van der Waals surface area contributed by atoms with E-state index in [2.05, 4.69) is 25.0 Å². The van der Waals surface area contributed by atoms with Gasteiger partial charge in [-0.15, -0.1) is 11.3 Å². The van der Waals surface area contributed by atoms with Crippen molar-refractivity contribution in [2.45, 2.75) is 33.2 Å². The molecule has 4 heteroatoms. The molecule has 0 amide bonds. The predicted molar refractivity (Wildman–Crippen MR) is 70.6 cm³/mol. The van der Waals surface area contributed by atoms with Crippen LogP contribution in [0.4, 0.5) is 0 Å². The number of rotatable bonds is 5. The molecule has 2 rings (SSSR count). The van der Waals surface area contributed by atoms with Crippen molar-refractivity contribution < 1.29 is 4.79 Å². The van der Waals surface area contributed by atoms with Crippen LogP contribution < -0.4 is 0 Å². The van der Waals surface area contributed by atoms with Crippen molar-refractivity contribution in [3.8, 4) is 10.6 Å². The van der Waals surface area contributed by atoms with Gasteiger partial charge < -0.3 is 0 Å². The Morgan fingerprint density at radius 1 is 1.47 bits per heavy atom. The summed E-state index contributed by atoms with van der Waals surface area (Å²) in [6.07, 6.45) is 4.94. The first-order chi connectivity index (χ1) is 8.24. The Balaban J connectivity index is 2.32. The summed E-state index contributed by atoms with van der Waals surface area (Å²) >= 11 is 1.67. The van der Waals surface area contributed by atoms with E-state index in [1.54, 1.807) is 11.3 Å². The molecule has 0 N–H and O–H groups in total. The van der Waals surface area contributed by atoms with Crippen molar-refractivity contribution in [2.75, 3.05) is 0 Å². The molecule has 0 aliphatic rings. The SMILES string of the molecule is CCCCn1cc(C=O)c(-c2ccc(C)s2)n1. The Bertz CT molecular complexity index is 513. The molecule has 2 aromatic rings. The van der Waals surface area contributed by atoms with Gasteiger partial charge in [-0.05, 0) is 25.5 Å². The highest BCUT2D eigenvalue weighted by molar-refractivity contribution is 7.15. The van der Waals surface area contributed by atoms with E-state index in [9.17, 15) is 4.79 Å². The predicted octanol–water partition coefficient (Wildman–Crippen LogP) is 3.53. The minimum Gasteiger partial charge on any atom is -0.298 e. The maximum Gasteiger partial charge on any atom is 0.153 e. The number of carbonyl (C=O) groups is 1. The lowest BCUT2D eigenvalue weighted by molar-refractivity contribution is 0.112. The molecule has 0 aliphatic carbocycles. The second kappa shape index (κ2) is 5.27. The number of unbranched alkanes of at least 4 members (excludes halogenated alkanes) is 1. The highest BCUT2D eigenvalue weighted by Crippen LogP contribution is 2.28. The fourth-order valence-electron chi connectivity index (χ4n) is 1.71. The molecule has 0 atom stereocenters. The number of carbonyl (C=O) groups excluding carboxylic acids is 1. The van der Waals surface area contributed by atoms with E-state index in [4.69, 9.17) is 0 Å². The van der Waals surface area contributed by atoms with Gasteiger partial charge in [0.15, 0.2) is 6.29 Å². The molecule has 0 aromatic carbocycles. The molecule has 0 radical (unpaired) electrons. The average molecular weight is 248 g/mol. The van der Waals surface area contributed by atoms with Gasteiger partial charge in [-0.3, -0.25) is 9.48 Å². The first-order valence-electron chi connectivity index (χ1n) is 5.84. The van der Waals surface area contributed by atoms with Crippen molar-refractivity contribution >= 4 is 17.6 Å². The minimum absolute atomic E-state index is 0.683. The van der Waals surface area contributed by atoms with Crippen LogP contribution in [0.3, 0.4) is 0 Å². The van der Waals surface area contributed by atoms with E-state index < -0.39 is 0 Å². The fraction of sp³-hybridized carbons (Fsp3) is 0.385. The number of nitrogens with zero attached hydrogens (tertiary/aromatic N) is 2. The van der Waals surface area contributed by atoms with Crippen LogP contribution >= 0.6 is 11.3 Å². The van der Waals surface area contributed by atoms with Crippen LogP contribution in [0.1, 0.15) is 35.0 Å². The molecular weight excluding hydrogens is 232 g/mol. The molecule has 0 bridgehead atoms. The molecule has 0 fully saturated rings. The fourth-order valence-corrected chi connectivity index (χ4v) is 2.59. The molecule has 2 aromatic heterocycles. The third kappa shape index (κ3) is 2.64. The summed E-state index contributed by atoms with van der Waals surface area (Å²) < 4.78 is 1.87. The van der Waals surface area contributed by atoms with Gasteiger partial charge in [0.25, 0.3) is 0 Å². The van der Waals surface area contributed by atoms with Crippen molar-refractivity contribution in [3.05, 3.63) is 28.8 Å². The third-order valence-corrected chi connectivity index (χ3v) is 3.64. The van der Waals surface area contributed by atoms with Gasteiger partial charge in [0.1, 0.15) is 5.69 Å². The zero-order valence-corrected chi connectivity index (χ0v) is 11.0. The van der Waals surface area contributed by atoms with E-state index in [0.29, 0.717) is 5.56 Å². The van der Waals surface area contributed by atoms with Gasteiger partial charge in [0.05, 0.1) is 10.4 Å². The summed E-state index contributed by atoms with van der Waals surface area (Å²) in [4.78, 5) is 13.4. The highest BCUT2D eigenvalue weighted by atomic mass is 32.1. The number of thiophene rings is 1. The molecule has 3 nitrogen and oxygen atoms in total. The number of aldehydes is 1. The molecule has 0 saturated heterocycles. The number of hydrogen-bond donors (Lipinski definition) is 0. The van der Waals surface area contributed by atoms with Crippen LogP contribution in [0.25, 0.3) is 10.6 Å². The monoisotopic (exact) mass is 248 g/mol. The molecule has 0 aliphatic heterocycles. The largest absolute Gasteiger partial charge is 0.298 e. The van der Waals surface area contributed by atoms with Gasteiger partial charge >= 0.3 is 0 Å². The van der Waals surface area contributed by atoms with Crippen LogP contribution in [0.5, 0.6) is 0 Å². The number of hydrogen-bond acceptors (Lipinski definition) is 3. The molecule has 2 heterocycles. The van der Waals surface area contributed by atoms with E-state index in [1.807, 2.05) is 16.9 Å². The smallest absolute Gasteiger partial charge is 0.153 e. The Labute approximate surface area is 105 Å². The lowest BCUT2D eigenvalue weighted by atomic mass is 10.2. The van der Waals surface area contributed by atoms with E-state index in [0.717, 1.165) is 36.2 Å². The van der Waals surface area contributed by atoms with E-state index in [-0.39, 0.29) is 0 Å². The van der Waals surface area contributed by atoms with E-state index in [1.165, 1.54) is 4.88 Å². The lowest BCUT2D eigenvalue weighted by Gasteiger charge is -1.97. The molecule has 90 valence electrons. The van der Waals surface area contributed by atoms with Gasteiger partial charge in [-0.1, -0.05) is 13.3 Å². The number of aryl methyl sites for hydroxylation is 2. The topological polar surface area (TPSA) is 34.9 Å². The summed E-state index contributed by atoms with van der Waals surface area (Å²) in [5, 5.41) is 4.50. The summed E-state index contributed by atoms with van der Waals surface area (Å²) in [5.41, 5.74) is 1.50. The molecule has 0 unspecified atom stereocenters. The molecular formula is C13H16N2OS. The zero-order chi connectivity index (χ0) is 12.3. The van der Waals surface area contributed by atoms with Gasteiger partial charge in [0, 0.05) is 17.6 Å². The van der Waals surface area contributed by atoms with Crippen molar-refractivity contribution in [1.29, 1.82) is 0 Å². The summed E-state index contributed by atoms with van der Waals surface area (Å²) in [6.45, 7) is 5.08. The maximum atomic E-state index is 11.0. The molecule has 17 heavy (non-hydrogen) atoms. The quantitative estimate of drug-likeness (QED) is 0.759. The molecule has 0 spiro atoms. The highest BCUT2D eigenvalue weighted by Gasteiger charge is 2.11. The summed E-state index contributed by atoms with van der Waals surface area (Å²) in [6, 6.07) is 4.08. The Morgan fingerprint density at radius 3 is 2.88 bits per heavy atom. The van der Waals surface area contributed by atoms with E-state index >= 15 is 0 Å². The third-order valence-electron chi connectivity index (χ3n) is 2.63. The Kier molecular flexibility index (Phi) is 3.74. The summed E-state index contributed by atoms with van der Waals surface area (Å²) in [5.74, 6) is 0. The second-order valence-corrected chi connectivity index (χ2v) is 5.37. The normalized spacial score (nSPS) is 10.7. The number of aromatic nitrogens is 2. The Hall–Kier alpha value is -1.42. The lowest BCUT2D eigenvalue weighted by Crippen LogP contribution is -1.97.